The van der Waals surface area contributed by atoms with Gasteiger partial charge in [-0.15, -0.1) is 0 Å². The van der Waals surface area contributed by atoms with Crippen LogP contribution >= 0.6 is 11.6 Å². The van der Waals surface area contributed by atoms with E-state index >= 15 is 0 Å². The predicted octanol–water partition coefficient (Wildman–Crippen LogP) is 2.82. The van der Waals surface area contributed by atoms with Crippen LogP contribution in [0.1, 0.15) is 18.1 Å². The quantitative estimate of drug-likeness (QED) is 0.844. The molecule has 0 aliphatic carbocycles. The standard InChI is InChI=1S/C11H10ClFO2/c12-7-3-4-8(9(13)6-7)11(14)10-2-1-5-15-10/h2-4,6,11,14H,1,5H2. The fraction of sp³-hybridized carbons (Fsp3) is 0.273. The number of rotatable bonds is 2. The lowest BCUT2D eigenvalue weighted by Gasteiger charge is -2.13. The van der Waals surface area contributed by atoms with E-state index in [1.165, 1.54) is 12.1 Å². The van der Waals surface area contributed by atoms with E-state index < -0.39 is 11.9 Å². The first-order valence-electron chi connectivity index (χ1n) is 4.64. The Morgan fingerprint density at radius 1 is 1.47 bits per heavy atom. The average Bonchev–Trinajstić information content (AvgIpc) is 2.69. The summed E-state index contributed by atoms with van der Waals surface area (Å²) in [4.78, 5) is 0. The van der Waals surface area contributed by atoms with Gasteiger partial charge in [-0.2, -0.15) is 0 Å². The van der Waals surface area contributed by atoms with Gasteiger partial charge in [0.15, 0.2) is 0 Å². The molecule has 0 spiro atoms. The van der Waals surface area contributed by atoms with Crippen molar-refractivity contribution in [1.82, 2.24) is 0 Å². The summed E-state index contributed by atoms with van der Waals surface area (Å²) < 4.78 is 18.6. The second kappa shape index (κ2) is 4.21. The largest absolute Gasteiger partial charge is 0.495 e. The molecule has 15 heavy (non-hydrogen) atoms. The Morgan fingerprint density at radius 2 is 2.27 bits per heavy atom. The number of halogens is 2. The minimum Gasteiger partial charge on any atom is -0.495 e. The summed E-state index contributed by atoms with van der Waals surface area (Å²) in [5.41, 5.74) is 0.188. The Kier molecular flexibility index (Phi) is 2.93. The van der Waals surface area contributed by atoms with Crippen LogP contribution in [-0.2, 0) is 4.74 Å². The average molecular weight is 229 g/mol. The number of benzene rings is 1. The van der Waals surface area contributed by atoms with Crippen molar-refractivity contribution in [1.29, 1.82) is 0 Å². The Bertz CT molecular complexity index is 404. The van der Waals surface area contributed by atoms with Gasteiger partial charge in [-0.25, -0.2) is 4.39 Å². The lowest BCUT2D eigenvalue weighted by atomic mass is 10.1. The van der Waals surface area contributed by atoms with E-state index in [0.29, 0.717) is 17.4 Å². The molecule has 1 N–H and O–H groups in total. The van der Waals surface area contributed by atoms with E-state index in [2.05, 4.69) is 0 Å². The van der Waals surface area contributed by atoms with Crippen LogP contribution in [-0.4, -0.2) is 11.7 Å². The monoisotopic (exact) mass is 228 g/mol. The summed E-state index contributed by atoms with van der Waals surface area (Å²) >= 11 is 5.61. The second-order valence-corrected chi connectivity index (χ2v) is 3.75. The van der Waals surface area contributed by atoms with Crippen LogP contribution < -0.4 is 0 Å². The van der Waals surface area contributed by atoms with Gasteiger partial charge in [0.1, 0.15) is 17.7 Å². The summed E-state index contributed by atoms with van der Waals surface area (Å²) in [7, 11) is 0. The van der Waals surface area contributed by atoms with Crippen LogP contribution in [0.4, 0.5) is 4.39 Å². The van der Waals surface area contributed by atoms with Gasteiger partial charge in [-0.05, 0) is 18.2 Å². The Morgan fingerprint density at radius 3 is 2.87 bits per heavy atom. The van der Waals surface area contributed by atoms with Crippen LogP contribution in [0.5, 0.6) is 0 Å². The normalized spacial score (nSPS) is 17.1. The van der Waals surface area contributed by atoms with Crippen molar-refractivity contribution in [3.05, 3.63) is 46.4 Å². The predicted molar refractivity (Wildman–Crippen MR) is 55.0 cm³/mol. The third-order valence-electron chi connectivity index (χ3n) is 2.26. The van der Waals surface area contributed by atoms with E-state index in [1.54, 1.807) is 12.1 Å². The summed E-state index contributed by atoms with van der Waals surface area (Å²) in [6.45, 7) is 0.543. The molecule has 0 bridgehead atoms. The topological polar surface area (TPSA) is 29.5 Å². The minimum atomic E-state index is -1.04. The fourth-order valence-corrected chi connectivity index (χ4v) is 1.66. The summed E-state index contributed by atoms with van der Waals surface area (Å²) in [6.07, 6.45) is 1.48. The van der Waals surface area contributed by atoms with Crippen molar-refractivity contribution in [2.24, 2.45) is 0 Å². The molecule has 0 aromatic heterocycles. The zero-order chi connectivity index (χ0) is 10.8. The molecule has 2 rings (SSSR count). The van der Waals surface area contributed by atoms with Gasteiger partial charge in [0.25, 0.3) is 0 Å². The van der Waals surface area contributed by atoms with Crippen LogP contribution in [0.25, 0.3) is 0 Å². The molecule has 1 atom stereocenters. The van der Waals surface area contributed by atoms with Crippen LogP contribution in [0.3, 0.4) is 0 Å². The van der Waals surface area contributed by atoms with E-state index in [9.17, 15) is 9.50 Å². The van der Waals surface area contributed by atoms with Gasteiger partial charge in [-0.1, -0.05) is 17.7 Å². The van der Waals surface area contributed by atoms with E-state index in [0.717, 1.165) is 6.42 Å². The van der Waals surface area contributed by atoms with Crippen LogP contribution in [0.2, 0.25) is 5.02 Å². The van der Waals surface area contributed by atoms with Crippen LogP contribution in [0, 0.1) is 5.82 Å². The van der Waals surface area contributed by atoms with Crippen molar-refractivity contribution in [2.45, 2.75) is 12.5 Å². The smallest absolute Gasteiger partial charge is 0.138 e. The molecule has 1 aromatic carbocycles. The van der Waals surface area contributed by atoms with Crippen molar-refractivity contribution >= 4 is 11.6 Å². The van der Waals surface area contributed by atoms with Crippen molar-refractivity contribution in [3.63, 3.8) is 0 Å². The van der Waals surface area contributed by atoms with Crippen molar-refractivity contribution in [2.75, 3.05) is 6.61 Å². The molecule has 2 nitrogen and oxygen atoms in total. The van der Waals surface area contributed by atoms with Gasteiger partial charge in [0.05, 0.1) is 6.61 Å². The fourth-order valence-electron chi connectivity index (χ4n) is 1.50. The molecule has 80 valence electrons. The third kappa shape index (κ3) is 2.13. The Balaban J connectivity index is 2.28. The van der Waals surface area contributed by atoms with E-state index in [1.807, 2.05) is 0 Å². The van der Waals surface area contributed by atoms with Gasteiger partial charge >= 0.3 is 0 Å². The number of aliphatic hydroxyl groups excluding tert-OH is 1. The Labute approximate surface area is 91.9 Å². The molecule has 0 amide bonds. The molecular formula is C11H10ClFO2. The first-order chi connectivity index (χ1) is 7.18. The highest BCUT2D eigenvalue weighted by Crippen LogP contribution is 2.29. The second-order valence-electron chi connectivity index (χ2n) is 3.31. The van der Waals surface area contributed by atoms with E-state index in [-0.39, 0.29) is 5.56 Å². The van der Waals surface area contributed by atoms with Crippen molar-refractivity contribution in [3.8, 4) is 0 Å². The van der Waals surface area contributed by atoms with Gasteiger partial charge in [0.2, 0.25) is 0 Å². The van der Waals surface area contributed by atoms with Gasteiger partial charge in [-0.3, -0.25) is 0 Å². The third-order valence-corrected chi connectivity index (χ3v) is 2.49. The maximum absolute atomic E-state index is 13.4. The minimum absolute atomic E-state index is 0.188. The lowest BCUT2D eigenvalue weighted by molar-refractivity contribution is 0.116. The maximum Gasteiger partial charge on any atom is 0.138 e. The highest BCUT2D eigenvalue weighted by atomic mass is 35.5. The molecule has 0 saturated heterocycles. The molecule has 0 radical (unpaired) electrons. The maximum atomic E-state index is 13.4. The molecule has 1 aliphatic heterocycles. The van der Waals surface area contributed by atoms with Crippen molar-refractivity contribution < 1.29 is 14.2 Å². The first-order valence-corrected chi connectivity index (χ1v) is 5.02. The lowest BCUT2D eigenvalue weighted by Crippen LogP contribution is -2.04. The SMILES string of the molecule is OC(C1=CCCO1)c1ccc(Cl)cc1F. The summed E-state index contributed by atoms with van der Waals surface area (Å²) in [5.74, 6) is -0.109. The molecule has 0 saturated carbocycles. The molecule has 1 unspecified atom stereocenters. The molecule has 1 aliphatic rings. The molecule has 4 heteroatoms. The molecule has 0 fully saturated rings. The highest BCUT2D eigenvalue weighted by Gasteiger charge is 2.21. The zero-order valence-electron chi connectivity index (χ0n) is 7.91. The molecular weight excluding hydrogens is 219 g/mol. The first kappa shape index (κ1) is 10.5. The van der Waals surface area contributed by atoms with Gasteiger partial charge in [0, 0.05) is 17.0 Å². The molecule has 1 heterocycles. The summed E-state index contributed by atoms with van der Waals surface area (Å²) in [5, 5.41) is 10.1. The number of ether oxygens (including phenoxy) is 1. The highest BCUT2D eigenvalue weighted by molar-refractivity contribution is 6.30. The van der Waals surface area contributed by atoms with E-state index in [4.69, 9.17) is 16.3 Å². The number of hydrogen-bond donors (Lipinski definition) is 1. The zero-order valence-corrected chi connectivity index (χ0v) is 8.67. The molecule has 1 aromatic rings. The number of aliphatic hydroxyl groups is 1. The van der Waals surface area contributed by atoms with Crippen LogP contribution in [0.15, 0.2) is 30.0 Å². The van der Waals surface area contributed by atoms with Gasteiger partial charge < -0.3 is 9.84 Å². The number of hydrogen-bond acceptors (Lipinski definition) is 2. The summed E-state index contributed by atoms with van der Waals surface area (Å²) in [6, 6.07) is 4.18. The Hall–Kier alpha value is -1.06.